The molecule has 1 aliphatic rings. The average Bonchev–Trinajstić information content (AvgIpc) is 3.01. The molecule has 0 heterocycles. The van der Waals surface area contributed by atoms with E-state index in [9.17, 15) is 8.42 Å². The van der Waals surface area contributed by atoms with Crippen molar-refractivity contribution in [1.82, 2.24) is 0 Å². The van der Waals surface area contributed by atoms with Gasteiger partial charge in [-0.1, -0.05) is 13.0 Å². The summed E-state index contributed by atoms with van der Waals surface area (Å²) in [4.78, 5) is 0.0961. The first kappa shape index (κ1) is 11.4. The van der Waals surface area contributed by atoms with Gasteiger partial charge < -0.3 is 4.74 Å². The van der Waals surface area contributed by atoms with Gasteiger partial charge in [-0.25, -0.2) is 13.6 Å². The van der Waals surface area contributed by atoms with E-state index in [0.29, 0.717) is 5.75 Å². The molecular formula is C11H15NO3S. The van der Waals surface area contributed by atoms with E-state index in [-0.39, 0.29) is 11.0 Å². The van der Waals surface area contributed by atoms with Crippen LogP contribution in [0.4, 0.5) is 0 Å². The fourth-order valence-corrected chi connectivity index (χ4v) is 2.17. The smallest absolute Gasteiger partial charge is 0.241 e. The van der Waals surface area contributed by atoms with Crippen LogP contribution >= 0.6 is 0 Å². The summed E-state index contributed by atoms with van der Waals surface area (Å²) in [5, 5.41) is 5.17. The summed E-state index contributed by atoms with van der Waals surface area (Å²) in [6.07, 6.45) is 2.90. The van der Waals surface area contributed by atoms with E-state index in [1.165, 1.54) is 0 Å². The van der Waals surface area contributed by atoms with Crippen LogP contribution in [0.15, 0.2) is 23.1 Å². The highest BCUT2D eigenvalue weighted by Gasteiger charge is 2.26. The lowest BCUT2D eigenvalue weighted by molar-refractivity contribution is 0.295. The molecule has 0 saturated heterocycles. The zero-order chi connectivity index (χ0) is 11.8. The topological polar surface area (TPSA) is 69.4 Å². The van der Waals surface area contributed by atoms with Crippen molar-refractivity contribution in [3.8, 4) is 5.75 Å². The minimum absolute atomic E-state index is 0.0961. The zero-order valence-corrected chi connectivity index (χ0v) is 9.96. The highest BCUT2D eigenvalue weighted by molar-refractivity contribution is 7.89. The average molecular weight is 241 g/mol. The predicted octanol–water partition coefficient (Wildman–Crippen LogP) is 1.44. The maximum absolute atomic E-state index is 11.4. The summed E-state index contributed by atoms with van der Waals surface area (Å²) in [5.74, 6) is 0.377. The van der Waals surface area contributed by atoms with Gasteiger partial charge in [0.15, 0.2) is 0 Å². The van der Waals surface area contributed by atoms with Crippen molar-refractivity contribution >= 4 is 10.0 Å². The summed E-state index contributed by atoms with van der Waals surface area (Å²) in [6.45, 7) is 1.96. The Labute approximate surface area is 95.5 Å². The van der Waals surface area contributed by atoms with Crippen molar-refractivity contribution in [3.63, 3.8) is 0 Å². The second-order valence-electron chi connectivity index (χ2n) is 4.00. The Morgan fingerprint density at radius 1 is 1.44 bits per heavy atom. The SMILES string of the molecule is CCc1ccc(OC2CC2)c(S(N)(=O)=O)c1. The largest absolute Gasteiger partial charge is 0.489 e. The van der Waals surface area contributed by atoms with Crippen LogP contribution in [0.2, 0.25) is 0 Å². The molecule has 0 atom stereocenters. The summed E-state index contributed by atoms with van der Waals surface area (Å²) >= 11 is 0. The van der Waals surface area contributed by atoms with Gasteiger partial charge in [0.25, 0.3) is 0 Å². The molecule has 1 aromatic carbocycles. The van der Waals surface area contributed by atoms with Crippen molar-refractivity contribution in [3.05, 3.63) is 23.8 Å². The van der Waals surface area contributed by atoms with Crippen molar-refractivity contribution in [2.75, 3.05) is 0 Å². The van der Waals surface area contributed by atoms with Crippen LogP contribution in [-0.4, -0.2) is 14.5 Å². The number of rotatable bonds is 4. The fraction of sp³-hybridized carbons (Fsp3) is 0.455. The molecule has 0 bridgehead atoms. The summed E-state index contributed by atoms with van der Waals surface area (Å²) in [5.41, 5.74) is 0.937. The van der Waals surface area contributed by atoms with E-state index >= 15 is 0 Å². The van der Waals surface area contributed by atoms with E-state index in [4.69, 9.17) is 9.88 Å². The molecule has 4 nitrogen and oxygen atoms in total. The molecule has 1 aliphatic carbocycles. The van der Waals surface area contributed by atoms with Crippen LogP contribution in [0.1, 0.15) is 25.3 Å². The van der Waals surface area contributed by atoms with E-state index in [0.717, 1.165) is 24.8 Å². The number of ether oxygens (including phenoxy) is 1. The van der Waals surface area contributed by atoms with Gasteiger partial charge in [-0.05, 0) is 37.0 Å². The third-order valence-corrected chi connectivity index (χ3v) is 3.47. The van der Waals surface area contributed by atoms with Crippen molar-refractivity contribution in [2.24, 2.45) is 5.14 Å². The number of hydrogen-bond acceptors (Lipinski definition) is 3. The molecule has 1 fully saturated rings. The van der Waals surface area contributed by atoms with Gasteiger partial charge in [-0.3, -0.25) is 0 Å². The monoisotopic (exact) mass is 241 g/mol. The van der Waals surface area contributed by atoms with Gasteiger partial charge in [-0.2, -0.15) is 0 Å². The lowest BCUT2D eigenvalue weighted by Crippen LogP contribution is -2.14. The Morgan fingerprint density at radius 3 is 2.62 bits per heavy atom. The van der Waals surface area contributed by atoms with E-state index in [2.05, 4.69) is 0 Å². The maximum atomic E-state index is 11.4. The van der Waals surface area contributed by atoms with Gasteiger partial charge >= 0.3 is 0 Å². The molecule has 0 radical (unpaired) electrons. The summed E-state index contributed by atoms with van der Waals surface area (Å²) < 4.78 is 28.4. The summed E-state index contributed by atoms with van der Waals surface area (Å²) in [6, 6.07) is 5.15. The Bertz CT molecular complexity index is 492. The van der Waals surface area contributed by atoms with Gasteiger partial charge in [0.1, 0.15) is 10.6 Å². The summed E-state index contributed by atoms with van der Waals surface area (Å²) in [7, 11) is -3.71. The van der Waals surface area contributed by atoms with E-state index in [1.807, 2.05) is 13.0 Å². The normalized spacial score (nSPS) is 16.1. The maximum Gasteiger partial charge on any atom is 0.241 e. The molecule has 0 aliphatic heterocycles. The lowest BCUT2D eigenvalue weighted by atomic mass is 10.2. The van der Waals surface area contributed by atoms with Crippen molar-refractivity contribution in [1.29, 1.82) is 0 Å². The molecule has 0 aromatic heterocycles. The number of hydrogen-bond donors (Lipinski definition) is 1. The molecule has 0 amide bonds. The number of sulfonamides is 1. The Morgan fingerprint density at radius 2 is 2.12 bits per heavy atom. The highest BCUT2D eigenvalue weighted by Crippen LogP contribution is 2.31. The third kappa shape index (κ3) is 2.54. The van der Waals surface area contributed by atoms with Gasteiger partial charge in [0.2, 0.25) is 10.0 Å². The molecular weight excluding hydrogens is 226 g/mol. The molecule has 1 saturated carbocycles. The van der Waals surface area contributed by atoms with Crippen LogP contribution in [-0.2, 0) is 16.4 Å². The number of aryl methyl sites for hydroxylation is 1. The molecule has 0 spiro atoms. The first-order valence-corrected chi connectivity index (χ1v) is 6.87. The molecule has 2 rings (SSSR count). The standard InChI is InChI=1S/C11H15NO3S/c1-2-8-3-6-10(15-9-4-5-9)11(7-8)16(12,13)14/h3,6-7,9H,2,4-5H2,1H3,(H2,12,13,14). The predicted molar refractivity (Wildman–Crippen MR) is 60.8 cm³/mol. The van der Waals surface area contributed by atoms with Crippen LogP contribution < -0.4 is 9.88 Å². The first-order chi connectivity index (χ1) is 7.50. The van der Waals surface area contributed by atoms with E-state index in [1.54, 1.807) is 12.1 Å². The Hall–Kier alpha value is -1.07. The minimum Gasteiger partial charge on any atom is -0.489 e. The second kappa shape index (κ2) is 4.07. The second-order valence-corrected chi connectivity index (χ2v) is 5.53. The van der Waals surface area contributed by atoms with Gasteiger partial charge in [0, 0.05) is 0 Å². The Balaban J connectivity index is 2.42. The minimum atomic E-state index is -3.71. The molecule has 16 heavy (non-hydrogen) atoms. The molecule has 5 heteroatoms. The van der Waals surface area contributed by atoms with Crippen LogP contribution in [0.5, 0.6) is 5.75 Å². The number of benzene rings is 1. The van der Waals surface area contributed by atoms with Crippen molar-refractivity contribution in [2.45, 2.75) is 37.2 Å². The fourth-order valence-electron chi connectivity index (χ4n) is 1.46. The van der Waals surface area contributed by atoms with Crippen LogP contribution in [0.25, 0.3) is 0 Å². The van der Waals surface area contributed by atoms with Crippen LogP contribution in [0.3, 0.4) is 0 Å². The van der Waals surface area contributed by atoms with E-state index < -0.39 is 10.0 Å². The van der Waals surface area contributed by atoms with Gasteiger partial charge in [0.05, 0.1) is 6.10 Å². The van der Waals surface area contributed by atoms with Gasteiger partial charge in [-0.15, -0.1) is 0 Å². The molecule has 2 N–H and O–H groups in total. The van der Waals surface area contributed by atoms with Crippen molar-refractivity contribution < 1.29 is 13.2 Å². The number of nitrogens with two attached hydrogens (primary N) is 1. The Kier molecular flexibility index (Phi) is 2.90. The first-order valence-electron chi connectivity index (χ1n) is 5.33. The van der Waals surface area contributed by atoms with Crippen LogP contribution in [0, 0.1) is 0 Å². The number of primary sulfonamides is 1. The third-order valence-electron chi connectivity index (χ3n) is 2.54. The molecule has 88 valence electrons. The zero-order valence-electron chi connectivity index (χ0n) is 9.14. The molecule has 0 unspecified atom stereocenters. The lowest BCUT2D eigenvalue weighted by Gasteiger charge is -2.10. The molecule has 1 aromatic rings. The quantitative estimate of drug-likeness (QED) is 0.867. The highest BCUT2D eigenvalue weighted by atomic mass is 32.2.